The van der Waals surface area contributed by atoms with Crippen molar-refractivity contribution >= 4 is 17.6 Å². The molecule has 3 aromatic carbocycles. The van der Waals surface area contributed by atoms with Crippen LogP contribution in [0.3, 0.4) is 0 Å². The molecule has 0 aliphatic rings. The van der Waals surface area contributed by atoms with E-state index >= 15 is 0 Å². The topological polar surface area (TPSA) is 55.4 Å². The first kappa shape index (κ1) is 19.2. The molecule has 0 radical (unpaired) electrons. The molecule has 0 aliphatic heterocycles. The van der Waals surface area contributed by atoms with E-state index in [4.69, 9.17) is 4.74 Å². The van der Waals surface area contributed by atoms with Gasteiger partial charge in [-0.1, -0.05) is 48.5 Å². The maximum Gasteiger partial charge on any atom is 0.341 e. The van der Waals surface area contributed by atoms with E-state index in [9.17, 15) is 18.4 Å². The van der Waals surface area contributed by atoms with Crippen molar-refractivity contribution in [3.05, 3.63) is 101 Å². The molecule has 0 fully saturated rings. The molecule has 3 aromatic rings. The molecular formula is C22H17F2NO3. The van der Waals surface area contributed by atoms with Gasteiger partial charge >= 0.3 is 5.97 Å². The fourth-order valence-electron chi connectivity index (χ4n) is 2.66. The fraction of sp³-hybridized carbons (Fsp3) is 0.0909. The van der Waals surface area contributed by atoms with Crippen molar-refractivity contribution in [1.29, 1.82) is 0 Å². The Hall–Kier alpha value is -3.54. The third-order valence-electron chi connectivity index (χ3n) is 4.01. The number of para-hydroxylation sites is 1. The predicted molar refractivity (Wildman–Crippen MR) is 101 cm³/mol. The largest absolute Gasteiger partial charge is 0.452 e. The average Bonchev–Trinajstić information content (AvgIpc) is 2.68. The van der Waals surface area contributed by atoms with E-state index in [1.165, 1.54) is 0 Å². The molecule has 0 bridgehead atoms. The van der Waals surface area contributed by atoms with Gasteiger partial charge in [0.05, 0.1) is 5.56 Å². The molecule has 28 heavy (non-hydrogen) atoms. The van der Waals surface area contributed by atoms with Crippen molar-refractivity contribution < 1.29 is 23.1 Å². The van der Waals surface area contributed by atoms with Crippen molar-refractivity contribution in [3.8, 4) is 0 Å². The lowest BCUT2D eigenvalue weighted by Gasteiger charge is -2.12. The second-order valence-electron chi connectivity index (χ2n) is 6.07. The Morgan fingerprint density at radius 2 is 1.61 bits per heavy atom. The number of esters is 1. The highest BCUT2D eigenvalue weighted by atomic mass is 19.1. The Labute approximate surface area is 160 Å². The summed E-state index contributed by atoms with van der Waals surface area (Å²) < 4.78 is 31.3. The van der Waals surface area contributed by atoms with Crippen molar-refractivity contribution in [2.45, 2.75) is 6.42 Å². The van der Waals surface area contributed by atoms with Crippen LogP contribution in [0.2, 0.25) is 0 Å². The normalized spacial score (nSPS) is 10.4. The van der Waals surface area contributed by atoms with Gasteiger partial charge in [0.2, 0.25) is 0 Å². The molecule has 0 aliphatic carbocycles. The number of amides is 1. The highest BCUT2D eigenvalue weighted by Gasteiger charge is 2.16. The number of hydrogen-bond acceptors (Lipinski definition) is 3. The first-order valence-electron chi connectivity index (χ1n) is 8.57. The quantitative estimate of drug-likeness (QED) is 0.646. The minimum atomic E-state index is -1.04. The number of hydrogen-bond donors (Lipinski definition) is 1. The predicted octanol–water partition coefficient (Wildman–Crippen LogP) is 4.35. The van der Waals surface area contributed by atoms with Crippen LogP contribution in [0.1, 0.15) is 21.5 Å². The molecule has 0 atom stereocenters. The lowest BCUT2D eigenvalue weighted by Crippen LogP contribution is -2.22. The van der Waals surface area contributed by atoms with E-state index in [1.807, 2.05) is 42.5 Å². The lowest BCUT2D eigenvalue weighted by atomic mass is 10.0. The highest BCUT2D eigenvalue weighted by Crippen LogP contribution is 2.19. The van der Waals surface area contributed by atoms with Gasteiger partial charge < -0.3 is 10.1 Å². The van der Waals surface area contributed by atoms with Crippen LogP contribution < -0.4 is 5.32 Å². The van der Waals surface area contributed by atoms with Crippen LogP contribution in [0.4, 0.5) is 14.5 Å². The number of halogens is 2. The molecule has 4 nitrogen and oxygen atoms in total. The van der Waals surface area contributed by atoms with E-state index in [-0.39, 0.29) is 0 Å². The van der Waals surface area contributed by atoms with Gasteiger partial charge in [-0.15, -0.1) is 0 Å². The third-order valence-corrected chi connectivity index (χ3v) is 4.01. The minimum absolute atomic E-state index is 0.432. The van der Waals surface area contributed by atoms with E-state index in [0.29, 0.717) is 18.2 Å². The SMILES string of the molecule is O=C(COC(=O)c1ccc(F)cc1F)Nc1ccccc1Cc1ccccc1. The Morgan fingerprint density at radius 1 is 0.893 bits per heavy atom. The van der Waals surface area contributed by atoms with Crippen LogP contribution >= 0.6 is 0 Å². The minimum Gasteiger partial charge on any atom is -0.452 e. The summed E-state index contributed by atoms with van der Waals surface area (Å²) in [7, 11) is 0. The Bertz CT molecular complexity index is 990. The second-order valence-corrected chi connectivity index (χ2v) is 6.07. The second kappa shape index (κ2) is 8.90. The van der Waals surface area contributed by atoms with Gasteiger partial charge in [-0.25, -0.2) is 13.6 Å². The van der Waals surface area contributed by atoms with Gasteiger partial charge in [-0.3, -0.25) is 4.79 Å². The summed E-state index contributed by atoms with van der Waals surface area (Å²) >= 11 is 0. The number of carbonyl (C=O) groups excluding carboxylic acids is 2. The zero-order valence-electron chi connectivity index (χ0n) is 14.8. The third kappa shape index (κ3) is 5.01. The van der Waals surface area contributed by atoms with E-state index in [2.05, 4.69) is 5.32 Å². The summed E-state index contributed by atoms with van der Waals surface area (Å²) in [6.45, 7) is -0.588. The highest BCUT2D eigenvalue weighted by molar-refractivity contribution is 5.96. The standard InChI is InChI=1S/C22H17F2NO3/c23-17-10-11-18(19(24)13-17)22(27)28-14-21(26)25-20-9-5-4-8-16(20)12-15-6-2-1-3-7-15/h1-11,13H,12,14H2,(H,25,26). The smallest absolute Gasteiger partial charge is 0.341 e. The Balaban J connectivity index is 1.61. The Kier molecular flexibility index (Phi) is 6.11. The van der Waals surface area contributed by atoms with Gasteiger partial charge in [-0.2, -0.15) is 0 Å². The van der Waals surface area contributed by atoms with Gasteiger partial charge in [0, 0.05) is 11.8 Å². The summed E-state index contributed by atoms with van der Waals surface area (Å²) in [4.78, 5) is 24.0. The van der Waals surface area contributed by atoms with E-state index < -0.39 is 35.7 Å². The van der Waals surface area contributed by atoms with Gasteiger partial charge in [0.15, 0.2) is 6.61 Å². The van der Waals surface area contributed by atoms with Crippen LogP contribution in [0, 0.1) is 11.6 Å². The number of anilines is 1. The van der Waals surface area contributed by atoms with Crippen LogP contribution in [0.5, 0.6) is 0 Å². The molecule has 0 saturated carbocycles. The number of ether oxygens (including phenoxy) is 1. The van der Waals surface area contributed by atoms with Crippen molar-refractivity contribution in [1.82, 2.24) is 0 Å². The van der Waals surface area contributed by atoms with Crippen molar-refractivity contribution in [3.63, 3.8) is 0 Å². The molecule has 0 aromatic heterocycles. The summed E-state index contributed by atoms with van der Waals surface area (Å²) in [5, 5.41) is 2.69. The molecular weight excluding hydrogens is 364 g/mol. The summed E-state index contributed by atoms with van der Waals surface area (Å²) in [5.74, 6) is -3.44. The molecule has 3 rings (SSSR count). The van der Waals surface area contributed by atoms with Crippen LogP contribution in [0.25, 0.3) is 0 Å². The number of rotatable bonds is 6. The van der Waals surface area contributed by atoms with E-state index in [0.717, 1.165) is 23.3 Å². The molecule has 0 saturated heterocycles. The zero-order chi connectivity index (χ0) is 19.9. The van der Waals surface area contributed by atoms with E-state index in [1.54, 1.807) is 12.1 Å². The first-order chi connectivity index (χ1) is 13.5. The van der Waals surface area contributed by atoms with Crippen molar-refractivity contribution in [2.24, 2.45) is 0 Å². The summed E-state index contributed by atoms with van der Waals surface area (Å²) in [6, 6.07) is 19.5. The molecule has 0 spiro atoms. The van der Waals surface area contributed by atoms with Crippen LogP contribution in [-0.4, -0.2) is 18.5 Å². The number of nitrogens with one attached hydrogen (secondary N) is 1. The monoisotopic (exact) mass is 381 g/mol. The molecule has 1 amide bonds. The maximum absolute atomic E-state index is 13.6. The van der Waals surface area contributed by atoms with Gasteiger partial charge in [-0.05, 0) is 35.7 Å². The summed E-state index contributed by atoms with van der Waals surface area (Å²) in [5.41, 5.74) is 2.15. The van der Waals surface area contributed by atoms with Crippen LogP contribution in [0.15, 0.2) is 72.8 Å². The number of benzene rings is 3. The Morgan fingerprint density at radius 3 is 2.36 bits per heavy atom. The summed E-state index contributed by atoms with van der Waals surface area (Å²) in [6.07, 6.45) is 0.623. The molecule has 142 valence electrons. The van der Waals surface area contributed by atoms with Crippen LogP contribution in [-0.2, 0) is 16.0 Å². The maximum atomic E-state index is 13.6. The zero-order valence-corrected chi connectivity index (χ0v) is 14.8. The molecule has 0 heterocycles. The first-order valence-corrected chi connectivity index (χ1v) is 8.57. The lowest BCUT2D eigenvalue weighted by molar-refractivity contribution is -0.119. The molecule has 6 heteroatoms. The van der Waals surface area contributed by atoms with Gasteiger partial charge in [0.1, 0.15) is 11.6 Å². The molecule has 0 unspecified atom stereocenters. The average molecular weight is 381 g/mol. The molecule has 1 N–H and O–H groups in total. The van der Waals surface area contributed by atoms with Crippen molar-refractivity contribution in [2.75, 3.05) is 11.9 Å². The number of carbonyl (C=O) groups is 2. The van der Waals surface area contributed by atoms with Gasteiger partial charge in [0.25, 0.3) is 5.91 Å². The fourth-order valence-corrected chi connectivity index (χ4v) is 2.66.